The van der Waals surface area contributed by atoms with E-state index in [2.05, 4.69) is 27.1 Å². The van der Waals surface area contributed by atoms with Crippen LogP contribution in [0.5, 0.6) is 0 Å². The molecule has 0 bridgehead atoms. The molecule has 2 aliphatic rings. The third-order valence-corrected chi connectivity index (χ3v) is 4.50. The zero-order valence-electron chi connectivity index (χ0n) is 14.4. The minimum Gasteiger partial charge on any atom is -0.353 e. The highest BCUT2D eigenvalue weighted by molar-refractivity contribution is 5.88. The van der Waals surface area contributed by atoms with E-state index in [9.17, 15) is 4.79 Å². The Labute approximate surface area is 142 Å². The molecule has 1 saturated carbocycles. The Morgan fingerprint density at radius 2 is 2.21 bits per heavy atom. The van der Waals surface area contributed by atoms with Gasteiger partial charge in [-0.05, 0) is 19.8 Å². The van der Waals surface area contributed by atoms with Crippen LogP contribution in [-0.4, -0.2) is 68.7 Å². The molecule has 1 aliphatic heterocycles. The van der Waals surface area contributed by atoms with Crippen LogP contribution in [0.2, 0.25) is 0 Å². The Hall–Kier alpha value is -2.38. The van der Waals surface area contributed by atoms with E-state index in [0.29, 0.717) is 25.7 Å². The van der Waals surface area contributed by atoms with Gasteiger partial charge >= 0.3 is 0 Å². The fourth-order valence-electron chi connectivity index (χ4n) is 2.80. The summed E-state index contributed by atoms with van der Waals surface area (Å²) in [7, 11) is 1.93. The van der Waals surface area contributed by atoms with Gasteiger partial charge in [-0.15, -0.1) is 16.8 Å². The minimum absolute atomic E-state index is 0.186. The van der Waals surface area contributed by atoms with Crippen LogP contribution in [0.15, 0.2) is 17.6 Å². The number of aryl methyl sites for hydroxylation is 1. The van der Waals surface area contributed by atoms with Crippen LogP contribution < -0.4 is 5.32 Å². The summed E-state index contributed by atoms with van der Waals surface area (Å²) in [4.78, 5) is 21.0. The van der Waals surface area contributed by atoms with Crippen molar-refractivity contribution in [2.45, 2.75) is 32.4 Å². The molecule has 0 unspecified atom stereocenters. The number of aromatic nitrogens is 3. The molecular formula is C16H25N7O. The molecule has 1 aromatic rings. The molecule has 0 radical (unpaired) electrons. The van der Waals surface area contributed by atoms with Crippen molar-refractivity contribution >= 4 is 11.9 Å². The molecule has 2 fully saturated rings. The lowest BCUT2D eigenvalue weighted by Gasteiger charge is -2.36. The van der Waals surface area contributed by atoms with Crippen LogP contribution >= 0.6 is 0 Å². The molecule has 130 valence electrons. The molecule has 1 aromatic heterocycles. The highest BCUT2D eigenvalue weighted by Crippen LogP contribution is 2.28. The fraction of sp³-hybridized carbons (Fsp3) is 0.625. The number of rotatable bonds is 5. The van der Waals surface area contributed by atoms with Crippen molar-refractivity contribution in [3.05, 3.63) is 24.3 Å². The van der Waals surface area contributed by atoms with E-state index in [-0.39, 0.29) is 5.91 Å². The highest BCUT2D eigenvalue weighted by atomic mass is 16.2. The van der Waals surface area contributed by atoms with E-state index in [4.69, 9.17) is 0 Å². The molecule has 24 heavy (non-hydrogen) atoms. The Bertz CT molecular complexity index is 647. The Morgan fingerprint density at radius 3 is 2.79 bits per heavy atom. The first-order chi connectivity index (χ1) is 11.6. The number of amides is 1. The minimum atomic E-state index is 0.186. The summed E-state index contributed by atoms with van der Waals surface area (Å²) < 4.78 is 1.92. The third kappa shape index (κ3) is 3.58. The van der Waals surface area contributed by atoms with Crippen LogP contribution in [-0.2, 0) is 18.4 Å². The monoisotopic (exact) mass is 331 g/mol. The van der Waals surface area contributed by atoms with Gasteiger partial charge in [-0.25, -0.2) is 4.99 Å². The summed E-state index contributed by atoms with van der Waals surface area (Å²) >= 11 is 0. The molecule has 8 nitrogen and oxygen atoms in total. The molecule has 0 aromatic carbocycles. The maximum absolute atomic E-state index is 12.4. The summed E-state index contributed by atoms with van der Waals surface area (Å²) in [6.45, 7) is 8.61. The zero-order chi connectivity index (χ0) is 17.1. The average molecular weight is 331 g/mol. The van der Waals surface area contributed by atoms with Crippen LogP contribution in [0.3, 0.4) is 0 Å². The van der Waals surface area contributed by atoms with E-state index < -0.39 is 0 Å². The standard InChI is InChI=1S/C16H25N7O/c1-4-7-17-16(18-10-14-20-19-12(2)21(14)3)22-8-9-23(13-5-6-13)15(24)11-22/h4,13H,1,5-11H2,2-3H3,(H,17,18). The van der Waals surface area contributed by atoms with Gasteiger partial charge in [-0.3, -0.25) is 4.79 Å². The second kappa shape index (κ2) is 7.02. The summed E-state index contributed by atoms with van der Waals surface area (Å²) in [5.74, 6) is 2.56. The number of nitrogens with one attached hydrogen (secondary N) is 1. The largest absolute Gasteiger partial charge is 0.353 e. The lowest BCUT2D eigenvalue weighted by atomic mass is 10.3. The van der Waals surface area contributed by atoms with Gasteiger partial charge in [0.15, 0.2) is 11.8 Å². The molecule has 1 N–H and O–H groups in total. The van der Waals surface area contributed by atoms with Crippen molar-refractivity contribution in [3.63, 3.8) is 0 Å². The molecule has 1 amide bonds. The highest BCUT2D eigenvalue weighted by Gasteiger charge is 2.36. The predicted molar refractivity (Wildman–Crippen MR) is 91.4 cm³/mol. The lowest BCUT2D eigenvalue weighted by molar-refractivity contribution is -0.135. The van der Waals surface area contributed by atoms with E-state index in [1.165, 1.54) is 0 Å². The normalized spacial score (nSPS) is 18.9. The molecular weight excluding hydrogens is 306 g/mol. The third-order valence-electron chi connectivity index (χ3n) is 4.50. The van der Waals surface area contributed by atoms with E-state index in [1.54, 1.807) is 6.08 Å². The smallest absolute Gasteiger partial charge is 0.242 e. The predicted octanol–water partition coefficient (Wildman–Crippen LogP) is 0.0617. The Kier molecular flexibility index (Phi) is 4.82. The topological polar surface area (TPSA) is 78.7 Å². The molecule has 8 heteroatoms. The van der Waals surface area contributed by atoms with Gasteiger partial charge in [0.25, 0.3) is 0 Å². The number of aliphatic imine (C=N–C) groups is 1. The first kappa shape index (κ1) is 16.5. The van der Waals surface area contributed by atoms with Crippen molar-refractivity contribution in [1.29, 1.82) is 0 Å². The van der Waals surface area contributed by atoms with Gasteiger partial charge in [-0.2, -0.15) is 0 Å². The summed E-state index contributed by atoms with van der Waals surface area (Å²) in [5, 5.41) is 11.4. The molecule has 1 aliphatic carbocycles. The van der Waals surface area contributed by atoms with Crippen LogP contribution in [0, 0.1) is 6.92 Å². The number of hydrogen-bond acceptors (Lipinski definition) is 4. The SMILES string of the molecule is C=CCNC(=NCc1nnc(C)n1C)N1CCN(C2CC2)C(=O)C1. The van der Waals surface area contributed by atoms with Crippen LogP contribution in [0.25, 0.3) is 0 Å². The Morgan fingerprint density at radius 1 is 1.42 bits per heavy atom. The van der Waals surface area contributed by atoms with Crippen molar-refractivity contribution in [1.82, 2.24) is 29.9 Å². The van der Waals surface area contributed by atoms with E-state index >= 15 is 0 Å². The quantitative estimate of drug-likeness (QED) is 0.469. The summed E-state index contributed by atoms with van der Waals surface area (Å²) in [6.07, 6.45) is 4.07. The number of carbonyl (C=O) groups excluding carboxylic acids is 1. The molecule has 3 rings (SSSR count). The lowest BCUT2D eigenvalue weighted by Crippen LogP contribution is -2.55. The van der Waals surface area contributed by atoms with Crippen molar-refractivity contribution < 1.29 is 4.79 Å². The maximum atomic E-state index is 12.4. The van der Waals surface area contributed by atoms with Gasteiger partial charge < -0.3 is 19.7 Å². The Balaban J connectivity index is 1.68. The maximum Gasteiger partial charge on any atom is 0.242 e. The van der Waals surface area contributed by atoms with Gasteiger partial charge in [0.05, 0.1) is 6.54 Å². The number of nitrogens with zero attached hydrogens (tertiary/aromatic N) is 6. The van der Waals surface area contributed by atoms with Gasteiger partial charge in [0.1, 0.15) is 12.4 Å². The summed E-state index contributed by atoms with van der Waals surface area (Å²) in [5.41, 5.74) is 0. The molecule has 2 heterocycles. The van der Waals surface area contributed by atoms with Crippen LogP contribution in [0.4, 0.5) is 0 Å². The second-order valence-electron chi connectivity index (χ2n) is 6.27. The zero-order valence-corrected chi connectivity index (χ0v) is 14.4. The first-order valence-electron chi connectivity index (χ1n) is 8.38. The van der Waals surface area contributed by atoms with Crippen molar-refractivity contribution in [3.8, 4) is 0 Å². The van der Waals surface area contributed by atoms with Crippen molar-refractivity contribution in [2.75, 3.05) is 26.2 Å². The molecule has 1 saturated heterocycles. The first-order valence-corrected chi connectivity index (χ1v) is 8.38. The number of carbonyl (C=O) groups is 1. The van der Waals surface area contributed by atoms with Crippen LogP contribution in [0.1, 0.15) is 24.5 Å². The number of guanidine groups is 1. The van der Waals surface area contributed by atoms with Gasteiger partial charge in [0.2, 0.25) is 5.91 Å². The average Bonchev–Trinajstić information content (AvgIpc) is 3.36. The van der Waals surface area contributed by atoms with Crippen molar-refractivity contribution in [2.24, 2.45) is 12.0 Å². The number of hydrogen-bond donors (Lipinski definition) is 1. The summed E-state index contributed by atoms with van der Waals surface area (Å²) in [6, 6.07) is 0.475. The second-order valence-corrected chi connectivity index (χ2v) is 6.27. The molecule has 0 spiro atoms. The number of piperazine rings is 1. The van der Waals surface area contributed by atoms with E-state index in [0.717, 1.165) is 43.5 Å². The fourth-order valence-corrected chi connectivity index (χ4v) is 2.80. The van der Waals surface area contributed by atoms with E-state index in [1.807, 2.05) is 28.3 Å². The van der Waals surface area contributed by atoms with Gasteiger partial charge in [-0.1, -0.05) is 6.08 Å². The van der Waals surface area contributed by atoms with Gasteiger partial charge in [0, 0.05) is 32.7 Å². The molecule has 0 atom stereocenters.